The van der Waals surface area contributed by atoms with Gasteiger partial charge in [0.15, 0.2) is 5.78 Å². The standard InChI is InChI=1S/C15H10Cl2F3NO/c16-11-4-3-10(7-12(11)17)13(22)5-1-9-2-6-14(21-8-9)15(18,19)20/h2-4,6-8H,1,5H2. The van der Waals surface area contributed by atoms with Crippen molar-refractivity contribution in [1.82, 2.24) is 4.98 Å². The van der Waals surface area contributed by atoms with Gasteiger partial charge in [0, 0.05) is 18.2 Å². The second kappa shape index (κ2) is 6.67. The summed E-state index contributed by atoms with van der Waals surface area (Å²) in [5, 5.41) is 0.633. The highest BCUT2D eigenvalue weighted by atomic mass is 35.5. The highest BCUT2D eigenvalue weighted by molar-refractivity contribution is 6.42. The lowest BCUT2D eigenvalue weighted by atomic mass is 10.0. The van der Waals surface area contributed by atoms with Gasteiger partial charge in [-0.25, -0.2) is 0 Å². The normalized spacial score (nSPS) is 11.5. The minimum absolute atomic E-state index is 0.144. The fourth-order valence-corrected chi connectivity index (χ4v) is 2.11. The van der Waals surface area contributed by atoms with E-state index in [1.807, 2.05) is 0 Å². The number of carbonyl (C=O) groups is 1. The first kappa shape index (κ1) is 16.8. The molecule has 0 fully saturated rings. The van der Waals surface area contributed by atoms with Crippen LogP contribution >= 0.6 is 23.2 Å². The highest BCUT2D eigenvalue weighted by Crippen LogP contribution is 2.27. The van der Waals surface area contributed by atoms with E-state index >= 15 is 0 Å². The molecule has 0 radical (unpaired) electrons. The van der Waals surface area contributed by atoms with Crippen molar-refractivity contribution < 1.29 is 18.0 Å². The highest BCUT2D eigenvalue weighted by Gasteiger charge is 2.31. The maximum atomic E-state index is 12.4. The number of pyridine rings is 1. The monoisotopic (exact) mass is 347 g/mol. The minimum Gasteiger partial charge on any atom is -0.294 e. The predicted octanol–water partition coefficient (Wildman–Crippen LogP) is 5.22. The summed E-state index contributed by atoms with van der Waals surface area (Å²) >= 11 is 11.6. The molecule has 2 rings (SSSR count). The molecule has 0 unspecified atom stereocenters. The summed E-state index contributed by atoms with van der Waals surface area (Å²) in [7, 11) is 0. The molecule has 0 aliphatic heterocycles. The molecule has 0 aliphatic rings. The summed E-state index contributed by atoms with van der Waals surface area (Å²) in [5.74, 6) is -0.168. The molecule has 0 saturated heterocycles. The Labute approximate surface area is 134 Å². The van der Waals surface area contributed by atoms with Gasteiger partial charge < -0.3 is 0 Å². The van der Waals surface area contributed by atoms with Gasteiger partial charge in [-0.2, -0.15) is 13.2 Å². The largest absolute Gasteiger partial charge is 0.433 e. The van der Waals surface area contributed by atoms with Crippen LogP contribution in [0.3, 0.4) is 0 Å². The van der Waals surface area contributed by atoms with Crippen LogP contribution in [0.25, 0.3) is 0 Å². The number of ketones is 1. The third-order valence-electron chi connectivity index (χ3n) is 3.00. The van der Waals surface area contributed by atoms with E-state index < -0.39 is 11.9 Å². The molecule has 0 spiro atoms. The molecule has 2 aromatic rings. The molecule has 0 amide bonds. The van der Waals surface area contributed by atoms with Crippen molar-refractivity contribution >= 4 is 29.0 Å². The van der Waals surface area contributed by atoms with Gasteiger partial charge in [0.25, 0.3) is 0 Å². The van der Waals surface area contributed by atoms with Crippen molar-refractivity contribution in [3.8, 4) is 0 Å². The molecule has 0 saturated carbocycles. The first-order valence-electron chi connectivity index (χ1n) is 6.28. The lowest BCUT2D eigenvalue weighted by Gasteiger charge is -2.06. The quantitative estimate of drug-likeness (QED) is 0.709. The van der Waals surface area contributed by atoms with Gasteiger partial charge in [0.05, 0.1) is 10.0 Å². The van der Waals surface area contributed by atoms with Crippen molar-refractivity contribution in [3.05, 3.63) is 63.4 Å². The summed E-state index contributed by atoms with van der Waals surface area (Å²) in [4.78, 5) is 15.4. The van der Waals surface area contributed by atoms with Crippen molar-refractivity contribution in [2.45, 2.75) is 19.0 Å². The smallest absolute Gasteiger partial charge is 0.294 e. The SMILES string of the molecule is O=C(CCc1ccc(C(F)(F)F)nc1)c1ccc(Cl)c(Cl)c1. The summed E-state index contributed by atoms with van der Waals surface area (Å²) in [6.07, 6.45) is -2.89. The van der Waals surface area contributed by atoms with Crippen LogP contribution in [0, 0.1) is 0 Å². The van der Waals surface area contributed by atoms with Gasteiger partial charge in [-0.15, -0.1) is 0 Å². The Morgan fingerprint density at radius 1 is 1.09 bits per heavy atom. The summed E-state index contributed by atoms with van der Waals surface area (Å²) in [6.45, 7) is 0. The fraction of sp³-hybridized carbons (Fsp3) is 0.200. The number of nitrogens with zero attached hydrogens (tertiary/aromatic N) is 1. The zero-order chi connectivity index (χ0) is 16.3. The predicted molar refractivity (Wildman–Crippen MR) is 78.4 cm³/mol. The fourth-order valence-electron chi connectivity index (χ4n) is 1.81. The maximum Gasteiger partial charge on any atom is 0.433 e. The molecule has 22 heavy (non-hydrogen) atoms. The number of carbonyl (C=O) groups excluding carboxylic acids is 1. The minimum atomic E-state index is -4.46. The molecule has 1 aromatic heterocycles. The molecule has 1 heterocycles. The Morgan fingerprint density at radius 3 is 2.36 bits per heavy atom. The van der Waals surface area contributed by atoms with E-state index in [0.717, 1.165) is 12.3 Å². The zero-order valence-corrected chi connectivity index (χ0v) is 12.6. The molecule has 0 bridgehead atoms. The molecule has 7 heteroatoms. The Bertz CT molecular complexity index is 684. The molecular formula is C15H10Cl2F3NO. The molecule has 116 valence electrons. The van der Waals surface area contributed by atoms with E-state index in [1.165, 1.54) is 18.2 Å². The number of aryl methyl sites for hydroxylation is 1. The number of hydrogen-bond acceptors (Lipinski definition) is 2. The summed E-state index contributed by atoms with van der Waals surface area (Å²) < 4.78 is 37.2. The van der Waals surface area contributed by atoms with E-state index in [2.05, 4.69) is 4.98 Å². The van der Waals surface area contributed by atoms with Gasteiger partial charge in [0.2, 0.25) is 0 Å². The number of halogens is 5. The average molecular weight is 348 g/mol. The van der Waals surface area contributed by atoms with Gasteiger partial charge >= 0.3 is 6.18 Å². The van der Waals surface area contributed by atoms with Crippen LogP contribution in [-0.4, -0.2) is 10.8 Å². The van der Waals surface area contributed by atoms with Crippen molar-refractivity contribution in [2.75, 3.05) is 0 Å². The van der Waals surface area contributed by atoms with Crippen molar-refractivity contribution in [1.29, 1.82) is 0 Å². The Hall–Kier alpha value is -1.59. The summed E-state index contributed by atoms with van der Waals surface area (Å²) in [5.41, 5.74) is 0.0164. The molecule has 1 aromatic carbocycles. The number of alkyl halides is 3. The van der Waals surface area contributed by atoms with Gasteiger partial charge in [-0.1, -0.05) is 29.3 Å². The van der Waals surface area contributed by atoms with Crippen LogP contribution in [-0.2, 0) is 12.6 Å². The average Bonchev–Trinajstić information content (AvgIpc) is 2.47. The third-order valence-corrected chi connectivity index (χ3v) is 3.74. The van der Waals surface area contributed by atoms with Crippen LogP contribution in [0.2, 0.25) is 10.0 Å². The van der Waals surface area contributed by atoms with Crippen LogP contribution in [0.15, 0.2) is 36.5 Å². The first-order valence-corrected chi connectivity index (χ1v) is 7.03. The lowest BCUT2D eigenvalue weighted by molar-refractivity contribution is -0.141. The summed E-state index contributed by atoms with van der Waals surface area (Å²) in [6, 6.07) is 6.77. The van der Waals surface area contributed by atoms with Crippen LogP contribution in [0.5, 0.6) is 0 Å². The Kier molecular flexibility index (Phi) is 5.08. The van der Waals surface area contributed by atoms with Gasteiger partial charge in [-0.05, 0) is 36.2 Å². The maximum absolute atomic E-state index is 12.4. The second-order valence-corrected chi connectivity index (χ2v) is 5.42. The van der Waals surface area contributed by atoms with Gasteiger partial charge in [0.1, 0.15) is 5.69 Å². The number of aromatic nitrogens is 1. The Balaban J connectivity index is 2.00. The van der Waals surface area contributed by atoms with E-state index in [0.29, 0.717) is 22.6 Å². The number of rotatable bonds is 4. The van der Waals surface area contributed by atoms with E-state index in [4.69, 9.17) is 23.2 Å². The Morgan fingerprint density at radius 2 is 1.82 bits per heavy atom. The van der Waals surface area contributed by atoms with Crippen LogP contribution < -0.4 is 0 Å². The lowest BCUT2D eigenvalue weighted by Crippen LogP contribution is -2.08. The topological polar surface area (TPSA) is 30.0 Å². The molecule has 2 nitrogen and oxygen atoms in total. The molecule has 0 atom stereocenters. The van der Waals surface area contributed by atoms with Crippen LogP contribution in [0.4, 0.5) is 13.2 Å². The third kappa shape index (κ3) is 4.21. The van der Waals surface area contributed by atoms with Crippen molar-refractivity contribution in [2.24, 2.45) is 0 Å². The molecular weight excluding hydrogens is 338 g/mol. The molecule has 0 aliphatic carbocycles. The van der Waals surface area contributed by atoms with Gasteiger partial charge in [-0.3, -0.25) is 9.78 Å². The number of benzene rings is 1. The van der Waals surface area contributed by atoms with E-state index in [1.54, 1.807) is 6.07 Å². The molecule has 0 N–H and O–H groups in total. The first-order chi connectivity index (χ1) is 10.3. The number of hydrogen-bond donors (Lipinski definition) is 0. The van der Waals surface area contributed by atoms with Crippen LogP contribution in [0.1, 0.15) is 28.0 Å². The van der Waals surface area contributed by atoms with Crippen molar-refractivity contribution in [3.63, 3.8) is 0 Å². The van der Waals surface area contributed by atoms with E-state index in [9.17, 15) is 18.0 Å². The van der Waals surface area contributed by atoms with E-state index in [-0.39, 0.29) is 17.2 Å². The zero-order valence-electron chi connectivity index (χ0n) is 11.1. The second-order valence-electron chi connectivity index (χ2n) is 4.60. The number of Topliss-reactive ketones (excluding diaryl/α,β-unsaturated/α-hetero) is 1.